The number of nitrogens with one attached hydrogen (secondary N) is 1. The fraction of sp³-hybridized carbons (Fsp3) is 0.467. The van der Waals surface area contributed by atoms with Crippen molar-refractivity contribution < 1.29 is 22.3 Å². The summed E-state index contributed by atoms with van der Waals surface area (Å²) < 4.78 is 55.0. The number of ether oxygens (including phenoxy) is 1. The van der Waals surface area contributed by atoms with Crippen LogP contribution in [-0.2, 0) is 0 Å². The average molecular weight is 391 g/mol. The van der Waals surface area contributed by atoms with Crippen molar-refractivity contribution in [3.05, 3.63) is 42.2 Å². The van der Waals surface area contributed by atoms with Crippen LogP contribution >= 0.6 is 24.8 Å². The Bertz CT molecular complexity index is 523. The average Bonchev–Trinajstić information content (AvgIpc) is 2.46. The van der Waals surface area contributed by atoms with E-state index in [1.807, 2.05) is 4.90 Å². The molecule has 0 amide bonds. The van der Waals surface area contributed by atoms with Gasteiger partial charge in [0.1, 0.15) is 11.6 Å². The van der Waals surface area contributed by atoms with E-state index < -0.39 is 17.9 Å². The molecule has 0 spiro atoms. The van der Waals surface area contributed by atoms with Crippen LogP contribution in [0.2, 0.25) is 0 Å². The molecule has 9 heteroatoms. The van der Waals surface area contributed by atoms with Gasteiger partial charge in [-0.15, -0.1) is 44.6 Å². The Morgan fingerprint density at radius 1 is 1.25 bits per heavy atom. The van der Waals surface area contributed by atoms with Gasteiger partial charge in [0.15, 0.2) is 0 Å². The van der Waals surface area contributed by atoms with Crippen LogP contribution in [0.5, 0.6) is 5.75 Å². The first kappa shape index (κ1) is 23.0. The molecule has 0 bridgehead atoms. The Morgan fingerprint density at radius 2 is 1.88 bits per heavy atom. The van der Waals surface area contributed by atoms with Crippen molar-refractivity contribution in [3.8, 4) is 5.75 Å². The van der Waals surface area contributed by atoms with Crippen molar-refractivity contribution in [2.45, 2.75) is 18.8 Å². The molecule has 2 rings (SSSR count). The van der Waals surface area contributed by atoms with E-state index in [0.717, 1.165) is 31.3 Å². The number of halogens is 6. The third-order valence-electron chi connectivity index (χ3n) is 3.54. The molecule has 1 atom stereocenters. The lowest BCUT2D eigenvalue weighted by Crippen LogP contribution is -2.45. The smallest absolute Gasteiger partial charge is 0.406 e. The van der Waals surface area contributed by atoms with Gasteiger partial charge in [0, 0.05) is 37.8 Å². The number of hydrogen-bond donors (Lipinski definition) is 1. The zero-order valence-corrected chi connectivity index (χ0v) is 14.4. The van der Waals surface area contributed by atoms with Gasteiger partial charge >= 0.3 is 6.36 Å². The van der Waals surface area contributed by atoms with Gasteiger partial charge in [0.05, 0.1) is 0 Å². The standard InChI is InChI=1S/C15H18F4N2O.2ClH/c1-2-3-14(21-8-6-20-7-9-21)12-10-11(4-5-13(12)16)22-15(17,18)19;;/h2,4-5,10,14,20H,1,3,6-9H2;2*1H/t14-;;/m0../s1. The van der Waals surface area contributed by atoms with Gasteiger partial charge in [0.25, 0.3) is 0 Å². The fourth-order valence-corrected chi connectivity index (χ4v) is 2.60. The molecule has 1 aromatic carbocycles. The van der Waals surface area contributed by atoms with Crippen molar-refractivity contribution in [3.63, 3.8) is 0 Å². The molecule has 0 aliphatic carbocycles. The van der Waals surface area contributed by atoms with Gasteiger partial charge in [-0.1, -0.05) is 6.08 Å². The van der Waals surface area contributed by atoms with Gasteiger partial charge in [-0.3, -0.25) is 4.90 Å². The molecule has 1 heterocycles. The molecule has 0 aromatic heterocycles. The highest BCUT2D eigenvalue weighted by atomic mass is 35.5. The molecule has 0 radical (unpaired) electrons. The van der Waals surface area contributed by atoms with Crippen molar-refractivity contribution in [2.24, 2.45) is 0 Å². The van der Waals surface area contributed by atoms with Crippen LogP contribution < -0.4 is 10.1 Å². The number of benzene rings is 1. The molecule has 3 nitrogen and oxygen atoms in total. The van der Waals surface area contributed by atoms with E-state index in [2.05, 4.69) is 16.6 Å². The minimum Gasteiger partial charge on any atom is -0.406 e. The van der Waals surface area contributed by atoms with Crippen LogP contribution in [0.3, 0.4) is 0 Å². The second-order valence-corrected chi connectivity index (χ2v) is 5.06. The minimum atomic E-state index is -4.79. The zero-order chi connectivity index (χ0) is 16.2. The lowest BCUT2D eigenvalue weighted by Gasteiger charge is -2.35. The lowest BCUT2D eigenvalue weighted by molar-refractivity contribution is -0.274. The van der Waals surface area contributed by atoms with E-state index in [9.17, 15) is 17.6 Å². The first-order valence-corrected chi connectivity index (χ1v) is 7.01. The van der Waals surface area contributed by atoms with Crippen molar-refractivity contribution >= 4 is 24.8 Å². The summed E-state index contributed by atoms with van der Waals surface area (Å²) in [5, 5.41) is 3.19. The molecule has 24 heavy (non-hydrogen) atoms. The highest BCUT2D eigenvalue weighted by molar-refractivity contribution is 5.85. The number of piperazine rings is 1. The molecule has 0 saturated carbocycles. The molecule has 138 valence electrons. The first-order chi connectivity index (χ1) is 10.4. The van der Waals surface area contributed by atoms with Crippen LogP contribution in [0.25, 0.3) is 0 Å². The van der Waals surface area contributed by atoms with E-state index >= 15 is 0 Å². The second kappa shape index (κ2) is 10.1. The molecule has 1 saturated heterocycles. The van der Waals surface area contributed by atoms with E-state index in [-0.39, 0.29) is 36.4 Å². The summed E-state index contributed by atoms with van der Waals surface area (Å²) in [7, 11) is 0. The maximum atomic E-state index is 14.1. The summed E-state index contributed by atoms with van der Waals surface area (Å²) in [4.78, 5) is 2.04. The normalized spacial score (nSPS) is 16.5. The largest absolute Gasteiger partial charge is 0.573 e. The Balaban J connectivity index is 0.00000264. The van der Waals surface area contributed by atoms with E-state index in [1.165, 1.54) is 0 Å². The number of alkyl halides is 3. The van der Waals surface area contributed by atoms with Gasteiger partial charge in [-0.05, 0) is 24.6 Å². The monoisotopic (exact) mass is 390 g/mol. The molecule has 0 unspecified atom stereocenters. The first-order valence-electron chi connectivity index (χ1n) is 7.01. The minimum absolute atomic E-state index is 0. The third kappa shape index (κ3) is 6.47. The quantitative estimate of drug-likeness (QED) is 0.605. The molecule has 1 N–H and O–H groups in total. The van der Waals surface area contributed by atoms with E-state index in [1.54, 1.807) is 6.08 Å². The van der Waals surface area contributed by atoms with Gasteiger partial charge in [-0.2, -0.15) is 0 Å². The highest BCUT2D eigenvalue weighted by Gasteiger charge is 2.32. The molecular weight excluding hydrogens is 371 g/mol. The zero-order valence-electron chi connectivity index (χ0n) is 12.8. The summed E-state index contributed by atoms with van der Waals surface area (Å²) >= 11 is 0. The SMILES string of the molecule is C=CC[C@@H](c1cc(OC(F)(F)F)ccc1F)N1CCNCC1.Cl.Cl. The number of nitrogens with zero attached hydrogens (tertiary/aromatic N) is 1. The van der Waals surface area contributed by atoms with Crippen LogP contribution in [0.4, 0.5) is 17.6 Å². The van der Waals surface area contributed by atoms with E-state index in [4.69, 9.17) is 0 Å². The molecule has 1 fully saturated rings. The van der Waals surface area contributed by atoms with Gasteiger partial charge in [0.2, 0.25) is 0 Å². The molecule has 1 aliphatic rings. The maximum Gasteiger partial charge on any atom is 0.573 e. The summed E-state index contributed by atoms with van der Waals surface area (Å²) in [6.45, 7) is 6.57. The number of rotatable bonds is 5. The topological polar surface area (TPSA) is 24.5 Å². The fourth-order valence-electron chi connectivity index (χ4n) is 2.60. The van der Waals surface area contributed by atoms with Crippen LogP contribution in [0, 0.1) is 5.82 Å². The molecular formula is C15H20Cl2F4N2O. The van der Waals surface area contributed by atoms with Gasteiger partial charge < -0.3 is 10.1 Å². The highest BCUT2D eigenvalue weighted by Crippen LogP contribution is 2.32. The summed E-state index contributed by atoms with van der Waals surface area (Å²) in [6, 6.07) is 2.76. The summed E-state index contributed by atoms with van der Waals surface area (Å²) in [5.74, 6) is -0.951. The predicted molar refractivity (Wildman–Crippen MR) is 89.6 cm³/mol. The van der Waals surface area contributed by atoms with Crippen LogP contribution in [0.1, 0.15) is 18.0 Å². The molecule has 1 aromatic rings. The van der Waals surface area contributed by atoms with Crippen molar-refractivity contribution in [1.29, 1.82) is 0 Å². The Kier molecular flexibility index (Phi) is 9.65. The Morgan fingerprint density at radius 3 is 2.42 bits per heavy atom. The molecule has 1 aliphatic heterocycles. The summed E-state index contributed by atoms with van der Waals surface area (Å²) in [5.41, 5.74) is 0.198. The van der Waals surface area contributed by atoms with Crippen LogP contribution in [0.15, 0.2) is 30.9 Å². The second-order valence-electron chi connectivity index (χ2n) is 5.06. The van der Waals surface area contributed by atoms with E-state index in [0.29, 0.717) is 19.5 Å². The Hall–Kier alpha value is -1.02. The van der Waals surface area contributed by atoms with Crippen LogP contribution in [-0.4, -0.2) is 37.4 Å². The van der Waals surface area contributed by atoms with Crippen molar-refractivity contribution in [1.82, 2.24) is 10.2 Å². The maximum absolute atomic E-state index is 14.1. The summed E-state index contributed by atoms with van der Waals surface area (Å²) in [6.07, 6.45) is -2.70. The predicted octanol–water partition coefficient (Wildman–Crippen LogP) is 4.09. The van der Waals surface area contributed by atoms with Gasteiger partial charge in [-0.25, -0.2) is 4.39 Å². The van der Waals surface area contributed by atoms with Crippen molar-refractivity contribution in [2.75, 3.05) is 26.2 Å². The Labute approximate surface area is 150 Å². The lowest BCUT2D eigenvalue weighted by atomic mass is 10.00. The third-order valence-corrected chi connectivity index (χ3v) is 3.54. The number of hydrogen-bond acceptors (Lipinski definition) is 3.